The molecule has 0 bridgehead atoms. The minimum absolute atomic E-state index is 0.481. The summed E-state index contributed by atoms with van der Waals surface area (Å²) in [6, 6.07) is 8.48. The Kier molecular flexibility index (Phi) is 2.06. The number of benzene rings is 1. The predicted octanol–water partition coefficient (Wildman–Crippen LogP) is 1.32. The summed E-state index contributed by atoms with van der Waals surface area (Å²) < 4.78 is 0. The van der Waals surface area contributed by atoms with E-state index < -0.39 is 5.91 Å². The number of rotatable bonds is 1. The molecule has 0 heterocycles. The van der Waals surface area contributed by atoms with Crippen molar-refractivity contribution in [2.75, 3.05) is 0 Å². The van der Waals surface area contributed by atoms with Gasteiger partial charge in [-0.05, 0) is 17.2 Å². The Morgan fingerprint density at radius 2 is 1.55 bits per heavy atom. The van der Waals surface area contributed by atoms with Gasteiger partial charge in [-0.2, -0.15) is 0 Å². The second-order valence-electron chi connectivity index (χ2n) is 2.18. The van der Waals surface area contributed by atoms with Gasteiger partial charge in [-0.25, -0.2) is 0 Å². The van der Waals surface area contributed by atoms with Crippen LogP contribution in [0, 0.1) is 0 Å². The summed E-state index contributed by atoms with van der Waals surface area (Å²) in [7, 11) is 0. The molecule has 11 heavy (non-hydrogen) atoms. The number of carbonyl (C=O) groups excluding carboxylic acids is 1. The number of primary amides is 1. The maximum Gasteiger partial charge on any atom is 0.240 e. The first kappa shape index (κ1) is 7.54. The molecule has 0 aromatic carbocycles. The number of carbonyl (C=O) groups is 1. The van der Waals surface area contributed by atoms with E-state index in [9.17, 15) is 4.79 Å². The summed E-state index contributed by atoms with van der Waals surface area (Å²) >= 11 is 0. The van der Waals surface area contributed by atoms with E-state index >= 15 is 0 Å². The van der Waals surface area contributed by atoms with Crippen LogP contribution in [0.5, 0.6) is 0 Å². The van der Waals surface area contributed by atoms with Crippen LogP contribution in [0.3, 0.4) is 0 Å². The Bertz CT molecular complexity index is 253. The molecule has 0 atom stereocenters. The molecule has 0 aromatic heterocycles. The first-order valence-corrected chi connectivity index (χ1v) is 3.26. The van der Waals surface area contributed by atoms with Crippen molar-refractivity contribution in [3.8, 4) is 11.1 Å². The van der Waals surface area contributed by atoms with E-state index in [1.54, 1.807) is 0 Å². The first-order chi connectivity index (χ1) is 5.24. The quantitative estimate of drug-likeness (QED) is 0.607. The first-order valence-electron chi connectivity index (χ1n) is 3.26. The van der Waals surface area contributed by atoms with Crippen molar-refractivity contribution in [2.24, 2.45) is 5.73 Å². The number of hydrogen-bond acceptors (Lipinski definition) is 1. The Hall–Kier alpha value is -1.57. The molecule has 56 valence electrons. The highest BCUT2D eigenvalue weighted by molar-refractivity contribution is 5.84. The molecule has 0 saturated carbocycles. The average Bonchev–Trinajstić information content (AvgIpc) is 1.98. The molecule has 0 fully saturated rings. The molecule has 0 aliphatic heterocycles. The standard InChI is InChI=1S/C6H4.C3H5NO/c1-2-6-4-3-5(1)6;1-2-3(4)5/h1-4H;2H,1H2,(H2,4,5). The van der Waals surface area contributed by atoms with Gasteiger partial charge in [-0.15, -0.1) is 0 Å². The summed E-state index contributed by atoms with van der Waals surface area (Å²) in [4.78, 5) is 9.47. The SMILES string of the molecule is C=CC(N)=O.c1cc2ccc1-2. The molecular formula is C9H9NO. The van der Waals surface area contributed by atoms with Crippen LogP contribution in [0.1, 0.15) is 0 Å². The Morgan fingerprint density at radius 1 is 1.27 bits per heavy atom. The zero-order valence-electron chi connectivity index (χ0n) is 6.08. The van der Waals surface area contributed by atoms with Crippen LogP contribution in [-0.2, 0) is 4.79 Å². The molecule has 2 aliphatic rings. The highest BCUT2D eigenvalue weighted by atomic mass is 16.1. The fourth-order valence-corrected chi connectivity index (χ4v) is 0.663. The molecule has 2 N–H and O–H groups in total. The zero-order valence-corrected chi connectivity index (χ0v) is 6.08. The van der Waals surface area contributed by atoms with E-state index in [1.807, 2.05) is 0 Å². The Labute approximate surface area is 65.3 Å². The van der Waals surface area contributed by atoms with Gasteiger partial charge in [0.2, 0.25) is 5.91 Å². The van der Waals surface area contributed by atoms with Gasteiger partial charge in [-0.1, -0.05) is 30.8 Å². The smallest absolute Gasteiger partial charge is 0.240 e. The van der Waals surface area contributed by atoms with Crippen LogP contribution >= 0.6 is 0 Å². The minimum Gasteiger partial charge on any atom is -0.366 e. The van der Waals surface area contributed by atoms with Crippen molar-refractivity contribution in [3.05, 3.63) is 36.9 Å². The van der Waals surface area contributed by atoms with Gasteiger partial charge in [0.15, 0.2) is 0 Å². The van der Waals surface area contributed by atoms with Gasteiger partial charge in [0, 0.05) is 0 Å². The van der Waals surface area contributed by atoms with Crippen molar-refractivity contribution < 1.29 is 4.79 Å². The van der Waals surface area contributed by atoms with E-state index in [0.29, 0.717) is 0 Å². The predicted molar refractivity (Wildman–Crippen MR) is 44.8 cm³/mol. The molecule has 0 saturated heterocycles. The third-order valence-corrected chi connectivity index (χ3v) is 1.42. The largest absolute Gasteiger partial charge is 0.366 e. The molecule has 0 spiro atoms. The lowest BCUT2D eigenvalue weighted by atomic mass is 9.95. The maximum atomic E-state index is 9.47. The average molecular weight is 147 g/mol. The minimum atomic E-state index is -0.481. The third kappa shape index (κ3) is 1.67. The van der Waals surface area contributed by atoms with Gasteiger partial charge in [-0.3, -0.25) is 4.79 Å². The monoisotopic (exact) mass is 147 g/mol. The van der Waals surface area contributed by atoms with Gasteiger partial charge in [0.25, 0.3) is 0 Å². The van der Waals surface area contributed by atoms with Crippen molar-refractivity contribution in [3.63, 3.8) is 0 Å². The van der Waals surface area contributed by atoms with Crippen LogP contribution in [-0.4, -0.2) is 5.91 Å². The number of amides is 1. The highest BCUT2D eigenvalue weighted by Gasteiger charge is 2.03. The van der Waals surface area contributed by atoms with Gasteiger partial charge in [0.05, 0.1) is 0 Å². The molecular weight excluding hydrogens is 138 g/mol. The lowest BCUT2D eigenvalue weighted by Crippen LogP contribution is -2.04. The molecule has 2 rings (SSSR count). The second kappa shape index (κ2) is 3.01. The molecule has 0 aromatic rings. The lowest BCUT2D eigenvalue weighted by Gasteiger charge is -2.10. The molecule has 1 amide bonds. The van der Waals surface area contributed by atoms with E-state index in [2.05, 4.69) is 36.6 Å². The fraction of sp³-hybridized carbons (Fsp3) is 0. The van der Waals surface area contributed by atoms with Crippen LogP contribution < -0.4 is 5.73 Å². The van der Waals surface area contributed by atoms with E-state index in [4.69, 9.17) is 0 Å². The van der Waals surface area contributed by atoms with Crippen molar-refractivity contribution in [1.29, 1.82) is 0 Å². The summed E-state index contributed by atoms with van der Waals surface area (Å²) in [5.41, 5.74) is 7.39. The summed E-state index contributed by atoms with van der Waals surface area (Å²) in [6.45, 7) is 3.09. The van der Waals surface area contributed by atoms with E-state index in [0.717, 1.165) is 6.08 Å². The van der Waals surface area contributed by atoms with E-state index in [-0.39, 0.29) is 0 Å². The topological polar surface area (TPSA) is 43.1 Å². The summed E-state index contributed by atoms with van der Waals surface area (Å²) in [5.74, 6) is -0.481. The van der Waals surface area contributed by atoms with Crippen LogP contribution in [0.25, 0.3) is 11.1 Å². The summed E-state index contributed by atoms with van der Waals surface area (Å²) in [6.07, 6.45) is 1.06. The number of hydrogen-bond donors (Lipinski definition) is 1. The molecule has 0 unspecified atom stereocenters. The second-order valence-corrected chi connectivity index (χ2v) is 2.18. The molecule has 2 aliphatic carbocycles. The van der Waals surface area contributed by atoms with Gasteiger partial charge in [0.1, 0.15) is 0 Å². The van der Waals surface area contributed by atoms with Gasteiger partial charge >= 0.3 is 0 Å². The van der Waals surface area contributed by atoms with Crippen LogP contribution in [0.4, 0.5) is 0 Å². The number of fused-ring (bicyclic) bond motifs is 1. The normalized spacial score (nSPS) is 9.09. The van der Waals surface area contributed by atoms with Gasteiger partial charge < -0.3 is 5.73 Å². The van der Waals surface area contributed by atoms with Crippen molar-refractivity contribution in [2.45, 2.75) is 0 Å². The Morgan fingerprint density at radius 3 is 1.55 bits per heavy atom. The van der Waals surface area contributed by atoms with Crippen LogP contribution in [0.15, 0.2) is 36.9 Å². The molecule has 0 radical (unpaired) electrons. The Balaban J connectivity index is 0.000000114. The lowest BCUT2D eigenvalue weighted by molar-refractivity contribution is -0.113. The zero-order chi connectivity index (χ0) is 8.27. The third-order valence-electron chi connectivity index (χ3n) is 1.42. The van der Waals surface area contributed by atoms with Crippen molar-refractivity contribution >= 4 is 5.91 Å². The maximum absolute atomic E-state index is 9.47. The fourth-order valence-electron chi connectivity index (χ4n) is 0.663. The highest BCUT2D eigenvalue weighted by Crippen LogP contribution is 2.29. The molecule has 2 heteroatoms. The van der Waals surface area contributed by atoms with Crippen molar-refractivity contribution in [1.82, 2.24) is 0 Å². The number of nitrogens with two attached hydrogens (primary N) is 1. The molecule has 2 nitrogen and oxygen atoms in total. The van der Waals surface area contributed by atoms with Crippen LogP contribution in [0.2, 0.25) is 0 Å². The van der Waals surface area contributed by atoms with E-state index in [1.165, 1.54) is 11.1 Å². The summed E-state index contributed by atoms with van der Waals surface area (Å²) in [5, 5.41) is 0.